The zero-order valence-electron chi connectivity index (χ0n) is 19.7. The number of benzene rings is 2. The van der Waals surface area contributed by atoms with E-state index in [0.717, 1.165) is 41.9 Å². The molecule has 2 fully saturated rings. The molecule has 0 aromatic heterocycles. The van der Waals surface area contributed by atoms with Gasteiger partial charge in [0.25, 0.3) is 17.1 Å². The van der Waals surface area contributed by atoms with E-state index in [1.54, 1.807) is 24.3 Å². The molecule has 35 heavy (non-hydrogen) atoms. The SMILES string of the molecule is CC1CN(Cc2ccc(C(=O)NCCN3C(=O)S/C(=C\c4ccccc4F)C3=O)cc2)CC(C)O1. The summed E-state index contributed by atoms with van der Waals surface area (Å²) in [6, 6.07) is 13.5. The van der Waals surface area contributed by atoms with Gasteiger partial charge in [-0.2, -0.15) is 0 Å². The number of amides is 3. The molecule has 2 saturated heterocycles. The highest BCUT2D eigenvalue weighted by Crippen LogP contribution is 2.32. The number of carbonyl (C=O) groups excluding carboxylic acids is 3. The number of halogens is 1. The van der Waals surface area contributed by atoms with E-state index >= 15 is 0 Å². The fourth-order valence-electron chi connectivity index (χ4n) is 4.24. The minimum atomic E-state index is -0.492. The molecule has 2 unspecified atom stereocenters. The Morgan fingerprint density at radius 2 is 1.80 bits per heavy atom. The first kappa shape index (κ1) is 25.1. The van der Waals surface area contributed by atoms with Crippen LogP contribution in [-0.4, -0.2) is 65.2 Å². The van der Waals surface area contributed by atoms with Crippen molar-refractivity contribution in [3.63, 3.8) is 0 Å². The molecule has 0 aliphatic carbocycles. The second kappa shape index (κ2) is 11.2. The number of ether oxygens (including phenoxy) is 1. The summed E-state index contributed by atoms with van der Waals surface area (Å²) in [5.74, 6) is -1.24. The fraction of sp³-hybridized carbons (Fsp3) is 0.346. The Morgan fingerprint density at radius 3 is 2.49 bits per heavy atom. The lowest BCUT2D eigenvalue weighted by atomic mass is 10.1. The molecule has 4 rings (SSSR count). The van der Waals surface area contributed by atoms with Crippen molar-refractivity contribution in [2.24, 2.45) is 0 Å². The summed E-state index contributed by atoms with van der Waals surface area (Å²) < 4.78 is 19.6. The molecule has 9 heteroatoms. The van der Waals surface area contributed by atoms with Crippen molar-refractivity contribution in [1.29, 1.82) is 0 Å². The smallest absolute Gasteiger partial charge is 0.293 e. The Labute approximate surface area is 208 Å². The van der Waals surface area contributed by atoms with Crippen LogP contribution < -0.4 is 5.32 Å². The molecule has 0 saturated carbocycles. The molecule has 0 bridgehead atoms. The standard InChI is InChI=1S/C26H28FN3O4S/c1-17-14-29(15-18(2)34-17)16-19-7-9-20(10-8-19)24(31)28-11-12-30-25(32)23(35-26(30)33)13-21-5-3-4-6-22(21)27/h3-10,13,17-18H,11-12,14-16H2,1-2H3,(H,28,31)/b23-13-. The highest BCUT2D eigenvalue weighted by atomic mass is 32.2. The maximum Gasteiger partial charge on any atom is 0.293 e. The minimum absolute atomic E-state index is 0.0382. The van der Waals surface area contributed by atoms with Crippen LogP contribution in [0, 0.1) is 5.82 Å². The normalized spacial score (nSPS) is 22.1. The van der Waals surface area contributed by atoms with Gasteiger partial charge in [-0.05, 0) is 55.4 Å². The van der Waals surface area contributed by atoms with Crippen molar-refractivity contribution < 1.29 is 23.5 Å². The Kier molecular flexibility index (Phi) is 8.00. The largest absolute Gasteiger partial charge is 0.373 e. The maximum absolute atomic E-state index is 13.9. The van der Waals surface area contributed by atoms with Crippen molar-refractivity contribution in [3.8, 4) is 0 Å². The van der Waals surface area contributed by atoms with Crippen LogP contribution >= 0.6 is 11.8 Å². The molecule has 2 aliphatic heterocycles. The summed E-state index contributed by atoms with van der Waals surface area (Å²) in [6.45, 7) is 6.83. The third-order valence-electron chi connectivity index (χ3n) is 5.80. The molecule has 0 radical (unpaired) electrons. The first-order valence-corrected chi connectivity index (χ1v) is 12.4. The van der Waals surface area contributed by atoms with Crippen LogP contribution in [0.15, 0.2) is 53.4 Å². The summed E-state index contributed by atoms with van der Waals surface area (Å²) in [6.07, 6.45) is 1.77. The van der Waals surface area contributed by atoms with Crippen LogP contribution in [0.25, 0.3) is 6.08 Å². The number of rotatable bonds is 7. The summed E-state index contributed by atoms with van der Waals surface area (Å²) in [4.78, 5) is 40.9. The first-order valence-electron chi connectivity index (χ1n) is 11.5. The van der Waals surface area contributed by atoms with Gasteiger partial charge in [0.15, 0.2) is 0 Å². The number of nitrogens with zero attached hydrogens (tertiary/aromatic N) is 2. The van der Waals surface area contributed by atoms with Gasteiger partial charge in [0.05, 0.1) is 17.1 Å². The molecule has 3 amide bonds. The number of carbonyl (C=O) groups is 3. The number of imide groups is 1. The van der Waals surface area contributed by atoms with Gasteiger partial charge in [-0.25, -0.2) is 4.39 Å². The van der Waals surface area contributed by atoms with Gasteiger partial charge in [-0.1, -0.05) is 30.3 Å². The average Bonchev–Trinajstić information content (AvgIpc) is 3.07. The van der Waals surface area contributed by atoms with E-state index in [9.17, 15) is 18.8 Å². The maximum atomic E-state index is 13.9. The summed E-state index contributed by atoms with van der Waals surface area (Å²) >= 11 is 0.764. The van der Waals surface area contributed by atoms with Crippen LogP contribution in [0.3, 0.4) is 0 Å². The van der Waals surface area contributed by atoms with E-state index in [1.807, 2.05) is 12.1 Å². The Morgan fingerprint density at radius 1 is 1.11 bits per heavy atom. The van der Waals surface area contributed by atoms with Crippen molar-refractivity contribution >= 4 is 34.9 Å². The van der Waals surface area contributed by atoms with Gasteiger partial charge < -0.3 is 10.1 Å². The van der Waals surface area contributed by atoms with Gasteiger partial charge in [-0.3, -0.25) is 24.2 Å². The molecule has 2 atom stereocenters. The van der Waals surface area contributed by atoms with Gasteiger partial charge >= 0.3 is 0 Å². The molecule has 2 aromatic carbocycles. The molecular formula is C26H28FN3O4S. The summed E-state index contributed by atoms with van der Waals surface area (Å²) in [5, 5.41) is 2.31. The van der Waals surface area contributed by atoms with Crippen LogP contribution in [-0.2, 0) is 16.1 Å². The summed E-state index contributed by atoms with van der Waals surface area (Å²) in [5.41, 5.74) is 1.86. The van der Waals surface area contributed by atoms with E-state index in [1.165, 1.54) is 18.2 Å². The zero-order valence-corrected chi connectivity index (χ0v) is 20.5. The van der Waals surface area contributed by atoms with Gasteiger partial charge in [0, 0.05) is 43.9 Å². The van der Waals surface area contributed by atoms with Crippen molar-refractivity contribution in [1.82, 2.24) is 15.1 Å². The lowest BCUT2D eigenvalue weighted by Crippen LogP contribution is -2.44. The number of morpholine rings is 1. The topological polar surface area (TPSA) is 79.0 Å². The molecular weight excluding hydrogens is 469 g/mol. The third-order valence-corrected chi connectivity index (χ3v) is 6.71. The molecule has 2 aromatic rings. The van der Waals surface area contributed by atoms with Crippen LogP contribution in [0.1, 0.15) is 35.3 Å². The van der Waals surface area contributed by atoms with Gasteiger partial charge in [0.1, 0.15) is 5.82 Å². The quantitative estimate of drug-likeness (QED) is 0.585. The predicted octanol–water partition coefficient (Wildman–Crippen LogP) is 3.90. The Balaban J connectivity index is 1.27. The predicted molar refractivity (Wildman–Crippen MR) is 133 cm³/mol. The number of hydrogen-bond acceptors (Lipinski definition) is 6. The zero-order chi connectivity index (χ0) is 24.9. The lowest BCUT2D eigenvalue weighted by molar-refractivity contribution is -0.122. The second-order valence-electron chi connectivity index (χ2n) is 8.76. The average molecular weight is 498 g/mol. The highest BCUT2D eigenvalue weighted by Gasteiger charge is 2.34. The van der Waals surface area contributed by atoms with Crippen LogP contribution in [0.2, 0.25) is 0 Å². The lowest BCUT2D eigenvalue weighted by Gasteiger charge is -2.35. The van der Waals surface area contributed by atoms with E-state index in [-0.39, 0.29) is 41.7 Å². The molecule has 7 nitrogen and oxygen atoms in total. The molecule has 1 N–H and O–H groups in total. The van der Waals surface area contributed by atoms with E-state index < -0.39 is 17.0 Å². The van der Waals surface area contributed by atoms with Crippen molar-refractivity contribution in [2.75, 3.05) is 26.2 Å². The van der Waals surface area contributed by atoms with Crippen LogP contribution in [0.4, 0.5) is 9.18 Å². The van der Waals surface area contributed by atoms with Gasteiger partial charge in [-0.15, -0.1) is 0 Å². The monoisotopic (exact) mass is 497 g/mol. The molecule has 184 valence electrons. The van der Waals surface area contributed by atoms with E-state index in [0.29, 0.717) is 5.56 Å². The molecule has 2 heterocycles. The second-order valence-corrected chi connectivity index (χ2v) is 9.75. The van der Waals surface area contributed by atoms with Crippen LogP contribution in [0.5, 0.6) is 0 Å². The number of hydrogen-bond donors (Lipinski definition) is 1. The van der Waals surface area contributed by atoms with E-state index in [4.69, 9.17) is 4.74 Å². The van der Waals surface area contributed by atoms with E-state index in [2.05, 4.69) is 24.1 Å². The third kappa shape index (κ3) is 6.36. The molecule has 2 aliphatic rings. The van der Waals surface area contributed by atoms with Gasteiger partial charge in [0.2, 0.25) is 0 Å². The highest BCUT2D eigenvalue weighted by molar-refractivity contribution is 8.18. The fourth-order valence-corrected chi connectivity index (χ4v) is 5.10. The van der Waals surface area contributed by atoms with Crippen molar-refractivity contribution in [2.45, 2.75) is 32.6 Å². The van der Waals surface area contributed by atoms with Crippen molar-refractivity contribution in [3.05, 3.63) is 75.9 Å². The minimum Gasteiger partial charge on any atom is -0.373 e. The number of nitrogens with one attached hydrogen (secondary N) is 1. The summed E-state index contributed by atoms with van der Waals surface area (Å²) in [7, 11) is 0. The first-order chi connectivity index (χ1) is 16.8. The molecule has 0 spiro atoms. The Hall–Kier alpha value is -3.01. The Bertz CT molecular complexity index is 1130. The number of thioether (sulfide) groups is 1.